The van der Waals surface area contributed by atoms with Gasteiger partial charge < -0.3 is 51.2 Å². The summed E-state index contributed by atoms with van der Waals surface area (Å²) in [5, 5.41) is 71.2. The number of anilines is 1. The number of dihydropyridines is 1. The molecule has 9 N–H and O–H groups in total. The second kappa shape index (κ2) is 26.9. The molecular weight excluding hydrogens is 1020 g/mol. The van der Waals surface area contributed by atoms with E-state index in [0.717, 1.165) is 73.3 Å². The number of phenols is 1. The van der Waals surface area contributed by atoms with Crippen molar-refractivity contribution in [2.75, 3.05) is 38.7 Å². The first-order chi connectivity index (χ1) is 39.9. The average Bonchev–Trinajstić information content (AvgIpc) is 4.03. The van der Waals surface area contributed by atoms with Gasteiger partial charge in [-0.25, -0.2) is 0 Å². The monoisotopic (exact) mass is 1110 g/mol. The maximum Gasteiger partial charge on any atom is 0.173 e. The van der Waals surface area contributed by atoms with E-state index in [-0.39, 0.29) is 60.5 Å². The van der Waals surface area contributed by atoms with Crippen molar-refractivity contribution in [3.05, 3.63) is 184 Å². The minimum absolute atomic E-state index is 0.00954. The standard InChI is InChI=1S/C70H82N4O8/c1-4-12-60-53-32-52(31-48-20-22-59(46-15-9-6-10-16-46)61-39-66(79)67(82-3)36-49(61)21-23-64(77)70(81)69(80)62(48)34-53)58(17-11-26-75)50-24-25-72-68(37-50)74-63-35-51-28-45(18-19-47(51)30-54(63)27-44-13-7-5-8-14-44)29-57(76)42-71-40-43(2)55-33-56(73-41-55)38-65(60)78/h5-10,13-16,18-19,24,28,30,33,35-37,39,41,43,48,52-53,57-60,62,65,70-76,78-79,81H,4,11-12,17,21,23,25-27,29,31-32,34,38,40,42H2,1-3H3. The number of rotatable bonds is 9. The normalized spacial score (nSPS) is 26.5. The van der Waals surface area contributed by atoms with E-state index in [0.29, 0.717) is 77.4 Å². The SMILES string of the molecule is CCCC1C(O)Cc2cc(c[nH]2)C(C)CNCC(O)Cc2ccc3cc(Cc4ccccc4)c(cc3c2)NC2=CC(=CCN2)C(CCCO)C2CC3C#CC(c4ccccc4)c4cc(O)c(OC)cc4CCC(=O)C(O)C(=O)C3CC1C2. The van der Waals surface area contributed by atoms with Crippen LogP contribution >= 0.6 is 0 Å². The van der Waals surface area contributed by atoms with Gasteiger partial charge in [0.1, 0.15) is 5.82 Å². The number of carbonyl (C=O) groups is 2. The molecule has 0 radical (unpaired) electrons. The molecule has 12 heteroatoms. The van der Waals surface area contributed by atoms with Crippen LogP contribution < -0.4 is 20.7 Å². The molecule has 2 aliphatic heterocycles. The smallest absolute Gasteiger partial charge is 0.173 e. The van der Waals surface area contributed by atoms with Gasteiger partial charge in [-0.05, 0) is 179 Å². The summed E-state index contributed by atoms with van der Waals surface area (Å²) in [5.41, 5.74) is 9.77. The van der Waals surface area contributed by atoms with Gasteiger partial charge in [0, 0.05) is 68.5 Å². The third kappa shape index (κ3) is 13.7. The molecule has 11 atom stereocenters. The number of aliphatic hydroxyl groups excluding tert-OH is 4. The van der Waals surface area contributed by atoms with Crippen molar-refractivity contribution in [1.29, 1.82) is 0 Å². The molecule has 1 saturated carbocycles. The molecule has 6 aromatic rings. The third-order valence-electron chi connectivity index (χ3n) is 18.1. The Balaban J connectivity index is 1.12. The maximum absolute atomic E-state index is 15.3. The lowest BCUT2D eigenvalue weighted by Gasteiger charge is -2.36. The number of nitrogens with one attached hydrogen (secondary N) is 4. The molecule has 4 aliphatic rings. The molecule has 12 nitrogen and oxygen atoms in total. The Hall–Kier alpha value is -6.98. The Labute approximate surface area is 483 Å². The molecule has 3 heterocycles. The minimum Gasteiger partial charge on any atom is -0.504 e. The summed E-state index contributed by atoms with van der Waals surface area (Å²) >= 11 is 0. The maximum atomic E-state index is 15.3. The summed E-state index contributed by atoms with van der Waals surface area (Å²) in [6, 6.07) is 36.8. The number of allylic oxidation sites excluding steroid dienone is 2. The molecule has 2 aliphatic carbocycles. The van der Waals surface area contributed by atoms with Gasteiger partial charge in [0.15, 0.2) is 29.2 Å². The first-order valence-corrected chi connectivity index (χ1v) is 29.9. The van der Waals surface area contributed by atoms with Crippen LogP contribution in [0, 0.1) is 47.3 Å². The predicted molar refractivity (Wildman–Crippen MR) is 324 cm³/mol. The number of ketones is 2. The zero-order valence-electron chi connectivity index (χ0n) is 47.7. The Bertz CT molecular complexity index is 3300. The number of hydrogen-bond acceptors (Lipinski definition) is 11. The first kappa shape index (κ1) is 58.2. The number of aromatic hydroxyl groups is 1. The van der Waals surface area contributed by atoms with Crippen molar-refractivity contribution >= 4 is 28.0 Å². The van der Waals surface area contributed by atoms with Crippen molar-refractivity contribution < 1.29 is 39.9 Å². The highest BCUT2D eigenvalue weighted by Gasteiger charge is 2.45. The molecule has 0 saturated heterocycles. The highest BCUT2D eigenvalue weighted by Crippen LogP contribution is 2.48. The number of H-pyrrole nitrogens is 1. The number of fused-ring (bicyclic) bond motifs is 9. The van der Waals surface area contributed by atoms with Gasteiger partial charge in [0.05, 0.1) is 25.2 Å². The van der Waals surface area contributed by atoms with E-state index in [1.807, 2.05) is 42.6 Å². The lowest BCUT2D eigenvalue weighted by molar-refractivity contribution is -0.142. The van der Waals surface area contributed by atoms with E-state index >= 15 is 4.79 Å². The Morgan fingerprint density at radius 1 is 0.793 bits per heavy atom. The lowest BCUT2D eigenvalue weighted by atomic mass is 9.71. The molecule has 430 valence electrons. The third-order valence-corrected chi connectivity index (χ3v) is 18.1. The Morgan fingerprint density at radius 2 is 1.60 bits per heavy atom. The lowest BCUT2D eigenvalue weighted by Crippen LogP contribution is -2.40. The number of aromatic amines is 1. The number of hydrogen-bond donors (Lipinski definition) is 9. The van der Waals surface area contributed by atoms with Gasteiger partial charge in [0.25, 0.3) is 0 Å². The molecule has 10 rings (SSSR count). The quantitative estimate of drug-likeness (QED) is 0.0494. The van der Waals surface area contributed by atoms with Crippen molar-refractivity contribution in [3.63, 3.8) is 0 Å². The van der Waals surface area contributed by atoms with Crippen LogP contribution in [0.2, 0.25) is 0 Å². The summed E-state index contributed by atoms with van der Waals surface area (Å²) in [6.07, 6.45) is 8.91. The van der Waals surface area contributed by atoms with Crippen LogP contribution in [0.15, 0.2) is 139 Å². The highest BCUT2D eigenvalue weighted by atomic mass is 16.5. The molecule has 1 fully saturated rings. The van der Waals surface area contributed by atoms with Crippen LogP contribution in [0.5, 0.6) is 11.5 Å². The van der Waals surface area contributed by atoms with E-state index < -0.39 is 47.6 Å². The molecule has 82 heavy (non-hydrogen) atoms. The zero-order chi connectivity index (χ0) is 57.3. The summed E-state index contributed by atoms with van der Waals surface area (Å²) in [4.78, 5) is 33.1. The van der Waals surface area contributed by atoms with E-state index in [2.05, 4.69) is 119 Å². The van der Waals surface area contributed by atoms with Crippen LogP contribution in [0.1, 0.15) is 122 Å². The van der Waals surface area contributed by atoms with E-state index in [1.165, 1.54) is 12.7 Å². The van der Waals surface area contributed by atoms with Crippen LogP contribution in [0.25, 0.3) is 10.8 Å². The summed E-state index contributed by atoms with van der Waals surface area (Å²) < 4.78 is 5.56. The molecular formula is C70H82N4O8. The number of phenolic OH excluding ortho intramolecular Hbond substituents is 1. The number of aryl methyl sites for hydroxylation is 1. The fourth-order valence-corrected chi connectivity index (χ4v) is 13.8. The van der Waals surface area contributed by atoms with Crippen molar-refractivity contribution in [2.45, 2.75) is 121 Å². The predicted octanol–water partition coefficient (Wildman–Crippen LogP) is 10.2. The van der Waals surface area contributed by atoms with Crippen LogP contribution in [-0.2, 0) is 35.3 Å². The molecule has 0 amide bonds. The average molecular weight is 1110 g/mol. The largest absolute Gasteiger partial charge is 0.504 e. The zero-order valence-corrected chi connectivity index (χ0v) is 47.7. The van der Waals surface area contributed by atoms with Gasteiger partial charge in [-0.2, -0.15) is 0 Å². The van der Waals surface area contributed by atoms with E-state index in [1.54, 1.807) is 12.1 Å². The molecule has 5 aromatic carbocycles. The number of β-amino-alcohol motifs (C(OH)–C–C–N with tert-alkyl or cyclic N) is 1. The molecule has 0 spiro atoms. The number of carbonyl (C=O) groups excluding carboxylic acids is 2. The van der Waals surface area contributed by atoms with Crippen molar-refractivity contribution in [1.82, 2.24) is 15.6 Å². The van der Waals surface area contributed by atoms with Crippen LogP contribution in [0.3, 0.4) is 0 Å². The highest BCUT2D eigenvalue weighted by molar-refractivity contribution is 6.06. The number of methoxy groups -OCH3 is 1. The fraction of sp³-hybridized carbons (Fsp3) is 0.429. The van der Waals surface area contributed by atoms with Crippen molar-refractivity contribution in [2.24, 2.45) is 35.5 Å². The van der Waals surface area contributed by atoms with Gasteiger partial charge in [-0.3, -0.25) is 9.59 Å². The fourth-order valence-electron chi connectivity index (χ4n) is 13.8. The Kier molecular flexibility index (Phi) is 19.1. The topological polar surface area (TPSA) is 196 Å². The van der Waals surface area contributed by atoms with Gasteiger partial charge in [-0.1, -0.05) is 117 Å². The summed E-state index contributed by atoms with van der Waals surface area (Å²) in [7, 11) is 1.48. The molecule has 11 unspecified atom stereocenters. The first-order valence-electron chi connectivity index (χ1n) is 29.9. The second-order valence-corrected chi connectivity index (χ2v) is 23.8. The molecule has 9 bridgehead atoms. The van der Waals surface area contributed by atoms with E-state index in [4.69, 9.17) is 4.74 Å². The summed E-state index contributed by atoms with van der Waals surface area (Å²) in [6.45, 7) is 5.90. The Morgan fingerprint density at radius 3 is 2.38 bits per heavy atom. The van der Waals surface area contributed by atoms with Crippen LogP contribution in [0.4, 0.5) is 5.69 Å². The van der Waals surface area contributed by atoms with Gasteiger partial charge in [0.2, 0.25) is 0 Å². The summed E-state index contributed by atoms with van der Waals surface area (Å²) in [5.74, 6) is 4.75. The van der Waals surface area contributed by atoms with Gasteiger partial charge >= 0.3 is 0 Å². The molecule has 1 aromatic heterocycles. The number of Topliss-reactive ketones (excluding diaryl/α,β-unsaturated/α-hetero) is 2. The number of ether oxygens (including phenoxy) is 1. The number of benzene rings is 5. The second-order valence-electron chi connectivity index (χ2n) is 23.8. The minimum atomic E-state index is -1.87. The van der Waals surface area contributed by atoms with Crippen LogP contribution in [-0.4, -0.2) is 93.7 Å². The number of aromatic nitrogens is 1. The van der Waals surface area contributed by atoms with Gasteiger partial charge in [-0.15, -0.1) is 0 Å². The number of aliphatic hydroxyl groups is 4. The van der Waals surface area contributed by atoms with Crippen molar-refractivity contribution in [3.8, 4) is 23.3 Å². The van der Waals surface area contributed by atoms with E-state index in [9.17, 15) is 30.3 Å².